The lowest BCUT2D eigenvalue weighted by molar-refractivity contribution is -0.193. The minimum atomic E-state index is -4.90. The summed E-state index contributed by atoms with van der Waals surface area (Å²) in [6, 6.07) is -0.726. The van der Waals surface area contributed by atoms with Gasteiger partial charge in [0.2, 0.25) is 0 Å². The second kappa shape index (κ2) is 4.08. The number of nitrogens with zero attached hydrogens (tertiary/aromatic N) is 1. The van der Waals surface area contributed by atoms with E-state index >= 15 is 0 Å². The number of hydrogen-bond donors (Lipinski definition) is 3. The molecule has 0 aromatic carbocycles. The van der Waals surface area contributed by atoms with Gasteiger partial charge in [0, 0.05) is 6.54 Å². The predicted molar refractivity (Wildman–Crippen MR) is 59.2 cm³/mol. The van der Waals surface area contributed by atoms with Crippen LogP contribution in [0.15, 0.2) is 0 Å². The lowest BCUT2D eigenvalue weighted by Gasteiger charge is -2.31. The van der Waals surface area contributed by atoms with Crippen LogP contribution in [-0.2, 0) is 9.59 Å². The molecule has 2 aliphatic rings. The highest BCUT2D eigenvalue weighted by Crippen LogP contribution is 2.32. The molecule has 4 amide bonds. The van der Waals surface area contributed by atoms with Crippen LogP contribution in [-0.4, -0.2) is 53.1 Å². The molecule has 2 saturated heterocycles. The number of hydrogen-bond acceptors (Lipinski definition) is 4. The van der Waals surface area contributed by atoms with Crippen molar-refractivity contribution >= 4 is 17.8 Å². The standard InChI is InChI=1S/C10H13F3N4O3/c1-8(14,10(11,12)13)6(19)17-3-2-9(4-17)5(18)15-7(20)16-9/h2-4,14H2,1H3,(H2,15,16,18,20). The Balaban J connectivity index is 2.16. The van der Waals surface area contributed by atoms with Crippen molar-refractivity contribution < 1.29 is 27.6 Å². The van der Waals surface area contributed by atoms with E-state index in [9.17, 15) is 27.6 Å². The van der Waals surface area contributed by atoms with Crippen LogP contribution >= 0.6 is 0 Å². The Kier molecular flexibility index (Phi) is 2.97. The number of urea groups is 1. The van der Waals surface area contributed by atoms with Gasteiger partial charge in [0.25, 0.3) is 11.8 Å². The molecule has 0 bridgehead atoms. The third kappa shape index (κ3) is 1.99. The van der Waals surface area contributed by atoms with E-state index in [1.165, 1.54) is 0 Å². The first kappa shape index (κ1) is 14.6. The molecule has 4 N–H and O–H groups in total. The third-order valence-corrected chi connectivity index (χ3v) is 3.60. The summed E-state index contributed by atoms with van der Waals surface area (Å²) in [6.07, 6.45) is -4.86. The van der Waals surface area contributed by atoms with E-state index in [4.69, 9.17) is 5.73 Å². The van der Waals surface area contributed by atoms with Crippen molar-refractivity contribution in [1.82, 2.24) is 15.5 Å². The number of carbonyl (C=O) groups excluding carboxylic acids is 3. The van der Waals surface area contributed by atoms with Crippen LogP contribution in [0.3, 0.4) is 0 Å². The molecule has 2 rings (SSSR count). The van der Waals surface area contributed by atoms with Crippen LogP contribution in [0.1, 0.15) is 13.3 Å². The van der Waals surface area contributed by atoms with Crippen molar-refractivity contribution in [2.75, 3.05) is 13.1 Å². The lowest BCUT2D eigenvalue weighted by Crippen LogP contribution is -2.62. The summed E-state index contributed by atoms with van der Waals surface area (Å²) in [5.74, 6) is -1.97. The summed E-state index contributed by atoms with van der Waals surface area (Å²) >= 11 is 0. The number of nitrogens with one attached hydrogen (secondary N) is 2. The summed E-state index contributed by atoms with van der Waals surface area (Å²) in [5, 5.41) is 4.34. The van der Waals surface area contributed by atoms with Gasteiger partial charge in [-0.2, -0.15) is 13.2 Å². The molecule has 1 spiro atoms. The summed E-state index contributed by atoms with van der Waals surface area (Å²) < 4.78 is 38.2. The van der Waals surface area contributed by atoms with Gasteiger partial charge in [-0.15, -0.1) is 0 Å². The molecule has 112 valence electrons. The number of likely N-dealkylation sites (tertiary alicyclic amines) is 1. The largest absolute Gasteiger partial charge is 0.415 e. The van der Waals surface area contributed by atoms with Gasteiger partial charge in [-0.1, -0.05) is 0 Å². The Labute approximate surface area is 111 Å². The molecule has 2 aliphatic heterocycles. The van der Waals surface area contributed by atoms with Gasteiger partial charge in [-0.25, -0.2) is 4.79 Å². The zero-order valence-electron chi connectivity index (χ0n) is 10.5. The molecular formula is C10H13F3N4O3. The van der Waals surface area contributed by atoms with Crippen LogP contribution in [0.2, 0.25) is 0 Å². The van der Waals surface area contributed by atoms with Gasteiger partial charge >= 0.3 is 12.2 Å². The highest BCUT2D eigenvalue weighted by atomic mass is 19.4. The van der Waals surface area contributed by atoms with Crippen molar-refractivity contribution in [2.24, 2.45) is 5.73 Å². The first-order chi connectivity index (χ1) is 8.99. The van der Waals surface area contributed by atoms with Crippen LogP contribution in [0.4, 0.5) is 18.0 Å². The second-order valence-electron chi connectivity index (χ2n) is 5.17. The summed E-state index contributed by atoms with van der Waals surface area (Å²) in [7, 11) is 0. The molecular weight excluding hydrogens is 281 g/mol. The first-order valence-corrected chi connectivity index (χ1v) is 5.78. The number of imide groups is 1. The molecule has 0 aliphatic carbocycles. The summed E-state index contributed by atoms with van der Waals surface area (Å²) in [5.41, 5.74) is 0.679. The fraction of sp³-hybridized carbons (Fsp3) is 0.700. The van der Waals surface area contributed by atoms with E-state index in [2.05, 4.69) is 5.32 Å². The van der Waals surface area contributed by atoms with Crippen LogP contribution in [0.5, 0.6) is 0 Å². The highest BCUT2D eigenvalue weighted by Gasteiger charge is 2.59. The fourth-order valence-electron chi connectivity index (χ4n) is 2.25. The minimum absolute atomic E-state index is 0.0459. The maximum absolute atomic E-state index is 12.7. The average molecular weight is 294 g/mol. The van der Waals surface area contributed by atoms with Crippen molar-refractivity contribution in [3.05, 3.63) is 0 Å². The number of amides is 4. The molecule has 2 unspecified atom stereocenters. The van der Waals surface area contributed by atoms with Crippen LogP contribution < -0.4 is 16.4 Å². The first-order valence-electron chi connectivity index (χ1n) is 5.78. The Bertz CT molecular complexity index is 491. The molecule has 20 heavy (non-hydrogen) atoms. The van der Waals surface area contributed by atoms with Crippen LogP contribution in [0.25, 0.3) is 0 Å². The zero-order valence-corrected chi connectivity index (χ0v) is 10.5. The fourth-order valence-corrected chi connectivity index (χ4v) is 2.25. The third-order valence-electron chi connectivity index (χ3n) is 3.60. The number of alkyl halides is 3. The maximum atomic E-state index is 12.7. The molecule has 0 aromatic heterocycles. The quantitative estimate of drug-likeness (QED) is 0.544. The van der Waals surface area contributed by atoms with Crippen molar-refractivity contribution in [3.63, 3.8) is 0 Å². The minimum Gasteiger partial charge on any atom is -0.338 e. The summed E-state index contributed by atoms with van der Waals surface area (Å²) in [4.78, 5) is 35.5. The van der Waals surface area contributed by atoms with Crippen molar-refractivity contribution in [1.29, 1.82) is 0 Å². The smallest absolute Gasteiger partial charge is 0.338 e. The van der Waals surface area contributed by atoms with Crippen molar-refractivity contribution in [2.45, 2.75) is 30.6 Å². The van der Waals surface area contributed by atoms with Gasteiger partial charge in [-0.05, 0) is 13.3 Å². The SMILES string of the molecule is CC(N)(C(=O)N1CCC2(C1)NC(=O)NC2=O)C(F)(F)F. The molecule has 7 nitrogen and oxygen atoms in total. The van der Waals surface area contributed by atoms with E-state index < -0.39 is 35.1 Å². The van der Waals surface area contributed by atoms with Gasteiger partial charge in [-0.3, -0.25) is 14.9 Å². The molecule has 0 aromatic rings. The molecule has 10 heteroatoms. The van der Waals surface area contributed by atoms with E-state index in [0.717, 1.165) is 4.90 Å². The Morgan fingerprint density at radius 2 is 2.00 bits per heavy atom. The number of rotatable bonds is 1. The van der Waals surface area contributed by atoms with Crippen molar-refractivity contribution in [3.8, 4) is 0 Å². The Hall–Kier alpha value is -1.84. The van der Waals surface area contributed by atoms with Gasteiger partial charge in [0.15, 0.2) is 5.54 Å². The van der Waals surface area contributed by atoms with Gasteiger partial charge in [0.1, 0.15) is 5.54 Å². The maximum Gasteiger partial charge on any atom is 0.415 e. The molecule has 0 radical (unpaired) electrons. The monoisotopic (exact) mass is 294 g/mol. The average Bonchev–Trinajstić information content (AvgIpc) is 2.82. The molecule has 2 heterocycles. The summed E-state index contributed by atoms with van der Waals surface area (Å²) in [6.45, 7) is 0.162. The van der Waals surface area contributed by atoms with E-state index in [-0.39, 0.29) is 19.5 Å². The number of halogens is 3. The lowest BCUT2D eigenvalue weighted by atomic mass is 9.99. The number of carbonyl (C=O) groups is 3. The van der Waals surface area contributed by atoms with E-state index in [0.29, 0.717) is 6.92 Å². The molecule has 2 fully saturated rings. The van der Waals surface area contributed by atoms with Crippen LogP contribution in [0, 0.1) is 0 Å². The zero-order chi connectivity index (χ0) is 15.3. The Morgan fingerprint density at radius 1 is 1.40 bits per heavy atom. The number of nitrogens with two attached hydrogens (primary N) is 1. The topological polar surface area (TPSA) is 105 Å². The molecule has 2 atom stereocenters. The second-order valence-corrected chi connectivity index (χ2v) is 5.17. The van der Waals surface area contributed by atoms with Gasteiger partial charge in [0.05, 0.1) is 6.54 Å². The van der Waals surface area contributed by atoms with E-state index in [1.54, 1.807) is 0 Å². The highest BCUT2D eigenvalue weighted by molar-refractivity contribution is 6.07. The normalized spacial score (nSPS) is 29.4. The Morgan fingerprint density at radius 3 is 2.45 bits per heavy atom. The molecule has 0 saturated carbocycles. The van der Waals surface area contributed by atoms with E-state index in [1.807, 2.05) is 5.32 Å². The van der Waals surface area contributed by atoms with Gasteiger partial charge < -0.3 is 16.0 Å². The predicted octanol–water partition coefficient (Wildman–Crippen LogP) is -0.923.